The molecule has 1 unspecified atom stereocenters. The van der Waals surface area contributed by atoms with E-state index >= 15 is 0 Å². The van der Waals surface area contributed by atoms with Crippen molar-refractivity contribution >= 4 is 44.8 Å². The highest BCUT2D eigenvalue weighted by molar-refractivity contribution is 9.10. The van der Waals surface area contributed by atoms with Gasteiger partial charge in [-0.1, -0.05) is 45.2 Å². The van der Waals surface area contributed by atoms with Gasteiger partial charge >= 0.3 is 0 Å². The summed E-state index contributed by atoms with van der Waals surface area (Å²) in [5, 5.41) is 3.98. The summed E-state index contributed by atoms with van der Waals surface area (Å²) in [6.07, 6.45) is 0. The zero-order chi connectivity index (χ0) is 14.9. The maximum absolute atomic E-state index is 13.2. The first-order valence-corrected chi connectivity index (χ1v) is 7.29. The third-order valence-corrected chi connectivity index (χ3v) is 3.87. The van der Waals surface area contributed by atoms with Crippen molar-refractivity contribution in [2.24, 2.45) is 0 Å². The molecule has 106 valence electrons. The second kappa shape index (κ2) is 6.29. The summed E-state index contributed by atoms with van der Waals surface area (Å²) in [6, 6.07) is 6.88. The molecule has 0 bridgehead atoms. The average Bonchev–Trinajstić information content (AvgIpc) is 2.36. The van der Waals surface area contributed by atoms with Gasteiger partial charge in [-0.25, -0.2) is 8.78 Å². The van der Waals surface area contributed by atoms with Crippen molar-refractivity contribution in [3.8, 4) is 0 Å². The molecule has 6 heteroatoms. The lowest BCUT2D eigenvalue weighted by Gasteiger charge is -2.18. The molecule has 0 amide bonds. The molecule has 2 aromatic rings. The zero-order valence-corrected chi connectivity index (χ0v) is 13.5. The van der Waals surface area contributed by atoms with Crippen molar-refractivity contribution in [3.05, 3.63) is 62.0 Å². The van der Waals surface area contributed by atoms with Crippen LogP contribution in [0, 0.1) is 11.6 Å². The molecule has 0 aliphatic rings. The number of hydrogen-bond acceptors (Lipinski definition) is 1. The largest absolute Gasteiger partial charge is 0.376 e. The van der Waals surface area contributed by atoms with Crippen LogP contribution in [0.5, 0.6) is 0 Å². The van der Waals surface area contributed by atoms with E-state index in [2.05, 4.69) is 21.2 Å². The molecule has 0 saturated heterocycles. The maximum atomic E-state index is 13.2. The third-order valence-electron chi connectivity index (χ3n) is 2.81. The summed E-state index contributed by atoms with van der Waals surface area (Å²) in [7, 11) is 0. The first-order chi connectivity index (χ1) is 9.38. The Morgan fingerprint density at radius 1 is 1.05 bits per heavy atom. The predicted molar refractivity (Wildman–Crippen MR) is 82.6 cm³/mol. The summed E-state index contributed by atoms with van der Waals surface area (Å²) in [6.45, 7) is 1.81. The van der Waals surface area contributed by atoms with E-state index in [1.807, 2.05) is 0 Å². The van der Waals surface area contributed by atoms with Gasteiger partial charge in [0.25, 0.3) is 0 Å². The molecule has 0 heterocycles. The van der Waals surface area contributed by atoms with Crippen molar-refractivity contribution in [2.75, 3.05) is 5.32 Å². The molecule has 0 aliphatic heterocycles. The van der Waals surface area contributed by atoms with Crippen molar-refractivity contribution in [1.82, 2.24) is 0 Å². The quantitative estimate of drug-likeness (QED) is 0.667. The first-order valence-electron chi connectivity index (χ1n) is 5.74. The SMILES string of the molecule is CC(Nc1c(Cl)cc(Br)cc1Cl)c1ccc(F)c(F)c1. The van der Waals surface area contributed by atoms with Crippen LogP contribution in [-0.4, -0.2) is 0 Å². The summed E-state index contributed by atoms with van der Waals surface area (Å²) < 4.78 is 26.9. The Morgan fingerprint density at radius 2 is 1.65 bits per heavy atom. The van der Waals surface area contributed by atoms with Crippen LogP contribution >= 0.6 is 39.1 Å². The molecule has 0 fully saturated rings. The van der Waals surface area contributed by atoms with Gasteiger partial charge in [-0.15, -0.1) is 0 Å². The van der Waals surface area contributed by atoms with Gasteiger partial charge in [0, 0.05) is 10.5 Å². The van der Waals surface area contributed by atoms with Crippen molar-refractivity contribution in [3.63, 3.8) is 0 Å². The molecule has 0 aliphatic carbocycles. The van der Waals surface area contributed by atoms with E-state index in [-0.39, 0.29) is 6.04 Å². The lowest BCUT2D eigenvalue weighted by atomic mass is 10.1. The predicted octanol–water partition coefficient (Wildman–Crippen LogP) is 6.21. The van der Waals surface area contributed by atoms with Gasteiger partial charge in [0.15, 0.2) is 11.6 Å². The number of halogens is 5. The summed E-state index contributed by atoms with van der Waals surface area (Å²) in [5.74, 6) is -1.76. The van der Waals surface area contributed by atoms with Gasteiger partial charge < -0.3 is 5.32 Å². The van der Waals surface area contributed by atoms with Gasteiger partial charge in [0.1, 0.15) is 0 Å². The highest BCUT2D eigenvalue weighted by Gasteiger charge is 2.13. The van der Waals surface area contributed by atoms with Crippen LogP contribution in [0.2, 0.25) is 10.0 Å². The number of rotatable bonds is 3. The Labute approximate surface area is 134 Å². The van der Waals surface area contributed by atoms with Crippen LogP contribution < -0.4 is 5.32 Å². The second-order valence-corrected chi connectivity index (χ2v) is 6.01. The molecule has 0 saturated carbocycles. The van der Waals surface area contributed by atoms with Crippen molar-refractivity contribution in [1.29, 1.82) is 0 Å². The molecule has 2 aromatic carbocycles. The van der Waals surface area contributed by atoms with E-state index in [0.29, 0.717) is 21.3 Å². The van der Waals surface area contributed by atoms with E-state index in [1.165, 1.54) is 6.07 Å². The fraction of sp³-hybridized carbons (Fsp3) is 0.143. The number of benzene rings is 2. The van der Waals surface area contributed by atoms with Gasteiger partial charge in [-0.2, -0.15) is 0 Å². The van der Waals surface area contributed by atoms with Gasteiger partial charge in [-0.3, -0.25) is 0 Å². The standard InChI is InChI=1S/C14H10BrCl2F2N/c1-7(8-2-3-12(18)13(19)4-8)20-14-10(16)5-9(15)6-11(14)17/h2-7,20H,1H3. The highest BCUT2D eigenvalue weighted by atomic mass is 79.9. The molecule has 0 radical (unpaired) electrons. The number of nitrogens with one attached hydrogen (secondary N) is 1. The zero-order valence-electron chi connectivity index (χ0n) is 10.4. The van der Waals surface area contributed by atoms with E-state index in [9.17, 15) is 8.78 Å². The molecule has 0 aromatic heterocycles. The molecule has 1 atom stereocenters. The fourth-order valence-corrected chi connectivity index (χ4v) is 3.08. The molecular formula is C14H10BrCl2F2N. The third kappa shape index (κ3) is 3.43. The number of hydrogen-bond donors (Lipinski definition) is 1. The van der Waals surface area contributed by atoms with Crippen LogP contribution in [0.1, 0.15) is 18.5 Å². The first kappa shape index (κ1) is 15.5. The van der Waals surface area contributed by atoms with Gasteiger partial charge in [0.2, 0.25) is 0 Å². The highest BCUT2D eigenvalue weighted by Crippen LogP contribution is 2.36. The maximum Gasteiger partial charge on any atom is 0.159 e. The van der Waals surface area contributed by atoms with E-state index in [1.54, 1.807) is 19.1 Å². The Bertz CT molecular complexity index is 626. The summed E-state index contributed by atoms with van der Waals surface area (Å²) in [5.41, 5.74) is 1.15. The van der Waals surface area contributed by atoms with Gasteiger partial charge in [-0.05, 0) is 36.8 Å². The van der Waals surface area contributed by atoms with Crippen molar-refractivity contribution < 1.29 is 8.78 Å². The summed E-state index contributed by atoms with van der Waals surface area (Å²) in [4.78, 5) is 0. The van der Waals surface area contributed by atoms with Crippen LogP contribution in [0.15, 0.2) is 34.8 Å². The van der Waals surface area contributed by atoms with Crippen LogP contribution in [0.4, 0.5) is 14.5 Å². The smallest absolute Gasteiger partial charge is 0.159 e. The lowest BCUT2D eigenvalue weighted by molar-refractivity contribution is 0.506. The monoisotopic (exact) mass is 379 g/mol. The molecule has 20 heavy (non-hydrogen) atoms. The van der Waals surface area contributed by atoms with Crippen LogP contribution in [0.25, 0.3) is 0 Å². The van der Waals surface area contributed by atoms with Crippen molar-refractivity contribution in [2.45, 2.75) is 13.0 Å². The molecule has 1 nitrogen and oxygen atoms in total. The topological polar surface area (TPSA) is 12.0 Å². The van der Waals surface area contributed by atoms with Crippen LogP contribution in [-0.2, 0) is 0 Å². The normalized spacial score (nSPS) is 12.3. The van der Waals surface area contributed by atoms with E-state index in [0.717, 1.165) is 16.6 Å². The minimum atomic E-state index is -0.885. The van der Waals surface area contributed by atoms with Crippen LogP contribution in [0.3, 0.4) is 0 Å². The Balaban J connectivity index is 2.27. The van der Waals surface area contributed by atoms with E-state index in [4.69, 9.17) is 23.2 Å². The fourth-order valence-electron chi connectivity index (χ4n) is 1.76. The second-order valence-electron chi connectivity index (χ2n) is 4.28. The van der Waals surface area contributed by atoms with Gasteiger partial charge in [0.05, 0.1) is 15.7 Å². The average molecular weight is 381 g/mol. The van der Waals surface area contributed by atoms with E-state index < -0.39 is 11.6 Å². The Hall–Kier alpha value is -0.840. The molecule has 0 spiro atoms. The minimum absolute atomic E-state index is 0.277. The Kier molecular flexibility index (Phi) is 4.89. The Morgan fingerprint density at radius 3 is 2.20 bits per heavy atom. The minimum Gasteiger partial charge on any atom is -0.376 e. The molecular weight excluding hydrogens is 371 g/mol. The lowest BCUT2D eigenvalue weighted by Crippen LogP contribution is -2.08. The molecule has 2 rings (SSSR count). The summed E-state index contributed by atoms with van der Waals surface area (Å²) >= 11 is 15.5. The number of anilines is 1. The molecule has 1 N–H and O–H groups in total.